The molecule has 1 unspecified atom stereocenters. The zero-order chi connectivity index (χ0) is 15.8. The van der Waals surface area contributed by atoms with Gasteiger partial charge >= 0.3 is 0 Å². The summed E-state index contributed by atoms with van der Waals surface area (Å²) < 4.78 is 32.5. The van der Waals surface area contributed by atoms with E-state index in [0.29, 0.717) is 21.4 Å². The van der Waals surface area contributed by atoms with E-state index < -0.39 is 15.6 Å². The number of hydrogen-bond acceptors (Lipinski definition) is 5. The highest BCUT2D eigenvalue weighted by atomic mass is 35.5. The van der Waals surface area contributed by atoms with Gasteiger partial charge in [-0.25, -0.2) is 13.1 Å². The van der Waals surface area contributed by atoms with Gasteiger partial charge in [-0.15, -0.1) is 11.3 Å². The number of halogens is 1. The van der Waals surface area contributed by atoms with Crippen LogP contribution in [-0.2, 0) is 15.6 Å². The number of aliphatic hydroxyl groups is 1. The molecule has 2 aromatic rings. The van der Waals surface area contributed by atoms with Crippen LogP contribution in [0.15, 0.2) is 26.8 Å². The number of aryl methyl sites for hydroxylation is 2. The lowest BCUT2D eigenvalue weighted by atomic mass is 9.97. The van der Waals surface area contributed by atoms with Gasteiger partial charge in [-0.1, -0.05) is 11.6 Å². The third kappa shape index (κ3) is 3.67. The molecule has 0 aliphatic heterocycles. The molecule has 0 amide bonds. The molecule has 2 rings (SSSR count). The third-order valence-electron chi connectivity index (χ3n) is 3.04. The minimum Gasteiger partial charge on any atom is -0.466 e. The molecular weight excluding hydrogens is 334 g/mol. The van der Waals surface area contributed by atoms with Gasteiger partial charge in [-0.3, -0.25) is 0 Å². The quantitative estimate of drug-likeness (QED) is 0.869. The van der Waals surface area contributed by atoms with Gasteiger partial charge in [0.2, 0.25) is 10.0 Å². The Morgan fingerprint density at radius 2 is 2.10 bits per heavy atom. The van der Waals surface area contributed by atoms with Gasteiger partial charge in [-0.2, -0.15) is 0 Å². The molecule has 5 nitrogen and oxygen atoms in total. The topological polar surface area (TPSA) is 79.5 Å². The highest BCUT2D eigenvalue weighted by Crippen LogP contribution is 2.28. The monoisotopic (exact) mass is 349 g/mol. The van der Waals surface area contributed by atoms with Crippen LogP contribution in [0.4, 0.5) is 0 Å². The Kier molecular flexibility index (Phi) is 4.51. The Balaban J connectivity index is 2.16. The fourth-order valence-electron chi connectivity index (χ4n) is 2.01. The first kappa shape index (κ1) is 16.5. The number of rotatable bonds is 5. The van der Waals surface area contributed by atoms with Crippen molar-refractivity contribution in [1.82, 2.24) is 4.72 Å². The molecular formula is C13H16ClNO4S2. The van der Waals surface area contributed by atoms with Crippen molar-refractivity contribution < 1.29 is 17.9 Å². The first-order valence-electron chi connectivity index (χ1n) is 6.17. The van der Waals surface area contributed by atoms with Crippen LogP contribution in [0.1, 0.15) is 24.0 Å². The van der Waals surface area contributed by atoms with E-state index in [-0.39, 0.29) is 10.8 Å². The van der Waals surface area contributed by atoms with Crippen molar-refractivity contribution in [2.24, 2.45) is 0 Å². The Labute approximate surface area is 132 Å². The van der Waals surface area contributed by atoms with E-state index in [0.717, 1.165) is 11.3 Å². The van der Waals surface area contributed by atoms with Crippen LogP contribution in [0.25, 0.3) is 0 Å². The van der Waals surface area contributed by atoms with Crippen molar-refractivity contribution in [3.63, 3.8) is 0 Å². The standard InChI is InChI=1S/C13H16ClNO4S2/c1-8-6-10(9(2)19-8)13(3,16)7-15-21(17,18)12-5-4-11(14)20-12/h4-6,15-16H,7H2,1-3H3. The summed E-state index contributed by atoms with van der Waals surface area (Å²) in [6.45, 7) is 4.87. The summed E-state index contributed by atoms with van der Waals surface area (Å²) in [7, 11) is -3.69. The van der Waals surface area contributed by atoms with Crippen molar-refractivity contribution in [3.05, 3.63) is 39.6 Å². The lowest BCUT2D eigenvalue weighted by Crippen LogP contribution is -2.38. The Hall–Kier alpha value is -0.860. The molecule has 1 atom stereocenters. The van der Waals surface area contributed by atoms with Gasteiger partial charge in [0, 0.05) is 12.1 Å². The van der Waals surface area contributed by atoms with Crippen molar-refractivity contribution >= 4 is 33.0 Å². The van der Waals surface area contributed by atoms with Crippen LogP contribution >= 0.6 is 22.9 Å². The van der Waals surface area contributed by atoms with E-state index in [1.807, 2.05) is 0 Å². The molecule has 8 heteroatoms. The van der Waals surface area contributed by atoms with E-state index in [1.54, 1.807) is 19.9 Å². The zero-order valence-electron chi connectivity index (χ0n) is 11.8. The number of thiophene rings is 1. The minimum absolute atomic E-state index is 0.114. The van der Waals surface area contributed by atoms with Crippen LogP contribution in [0.3, 0.4) is 0 Å². The van der Waals surface area contributed by atoms with Gasteiger partial charge in [0.25, 0.3) is 0 Å². The predicted molar refractivity (Wildman–Crippen MR) is 82.3 cm³/mol. The van der Waals surface area contributed by atoms with E-state index in [2.05, 4.69) is 4.72 Å². The number of nitrogens with one attached hydrogen (secondary N) is 1. The normalized spacial score (nSPS) is 15.1. The Morgan fingerprint density at radius 1 is 1.43 bits per heavy atom. The summed E-state index contributed by atoms with van der Waals surface area (Å²) >= 11 is 6.70. The molecule has 0 aliphatic carbocycles. The Bertz CT molecular complexity index is 746. The average molecular weight is 350 g/mol. The second-order valence-electron chi connectivity index (χ2n) is 4.98. The van der Waals surface area contributed by atoms with E-state index in [1.165, 1.54) is 19.1 Å². The molecule has 0 aromatic carbocycles. The van der Waals surface area contributed by atoms with Gasteiger partial charge in [0.15, 0.2) is 0 Å². The smallest absolute Gasteiger partial charge is 0.250 e. The molecule has 116 valence electrons. The molecule has 0 saturated heterocycles. The molecule has 2 heterocycles. The maximum Gasteiger partial charge on any atom is 0.250 e. The SMILES string of the molecule is Cc1cc(C(C)(O)CNS(=O)(=O)c2ccc(Cl)s2)c(C)o1. The summed E-state index contributed by atoms with van der Waals surface area (Å²) in [4.78, 5) is 0. The molecule has 21 heavy (non-hydrogen) atoms. The molecule has 0 spiro atoms. The largest absolute Gasteiger partial charge is 0.466 e. The number of furan rings is 1. The second-order valence-corrected chi connectivity index (χ2v) is 8.69. The van der Waals surface area contributed by atoms with Crippen molar-refractivity contribution in [2.45, 2.75) is 30.6 Å². The van der Waals surface area contributed by atoms with Crippen LogP contribution in [-0.4, -0.2) is 20.1 Å². The van der Waals surface area contributed by atoms with Crippen molar-refractivity contribution in [1.29, 1.82) is 0 Å². The fourth-order valence-corrected chi connectivity index (χ4v) is 4.67. The lowest BCUT2D eigenvalue weighted by Gasteiger charge is -2.23. The highest BCUT2D eigenvalue weighted by Gasteiger charge is 2.30. The van der Waals surface area contributed by atoms with Gasteiger partial charge in [-0.05, 0) is 39.0 Å². The zero-order valence-corrected chi connectivity index (χ0v) is 14.2. The van der Waals surface area contributed by atoms with Crippen LogP contribution in [0, 0.1) is 13.8 Å². The first-order valence-corrected chi connectivity index (χ1v) is 8.84. The molecule has 0 bridgehead atoms. The molecule has 2 aromatic heterocycles. The minimum atomic E-state index is -3.69. The molecule has 0 radical (unpaired) electrons. The number of sulfonamides is 1. The fraction of sp³-hybridized carbons (Fsp3) is 0.385. The number of hydrogen-bond donors (Lipinski definition) is 2. The van der Waals surface area contributed by atoms with Crippen molar-refractivity contribution in [3.8, 4) is 0 Å². The highest BCUT2D eigenvalue weighted by molar-refractivity contribution is 7.91. The van der Waals surface area contributed by atoms with Crippen molar-refractivity contribution in [2.75, 3.05) is 6.54 Å². The summed E-state index contributed by atoms with van der Waals surface area (Å²) in [6.07, 6.45) is 0. The molecule has 0 saturated carbocycles. The maximum atomic E-state index is 12.1. The van der Waals surface area contributed by atoms with E-state index >= 15 is 0 Å². The maximum absolute atomic E-state index is 12.1. The summed E-state index contributed by atoms with van der Waals surface area (Å²) in [5, 5.41) is 10.5. The van der Waals surface area contributed by atoms with Gasteiger partial charge in [0.1, 0.15) is 21.3 Å². The average Bonchev–Trinajstić information content (AvgIpc) is 2.94. The third-order valence-corrected chi connectivity index (χ3v) is 6.17. The molecule has 0 aliphatic rings. The van der Waals surface area contributed by atoms with Crippen LogP contribution < -0.4 is 4.72 Å². The summed E-state index contributed by atoms with van der Waals surface area (Å²) in [6, 6.07) is 4.64. The predicted octanol–water partition coefficient (Wildman–Crippen LogP) is 2.80. The van der Waals surface area contributed by atoms with Crippen LogP contribution in [0.5, 0.6) is 0 Å². The Morgan fingerprint density at radius 3 is 2.57 bits per heavy atom. The van der Waals surface area contributed by atoms with Crippen LogP contribution in [0.2, 0.25) is 4.34 Å². The van der Waals surface area contributed by atoms with Gasteiger partial charge in [0.05, 0.1) is 4.34 Å². The molecule has 0 fully saturated rings. The van der Waals surface area contributed by atoms with E-state index in [9.17, 15) is 13.5 Å². The summed E-state index contributed by atoms with van der Waals surface area (Å²) in [5.74, 6) is 1.23. The second kappa shape index (κ2) is 5.73. The molecule has 2 N–H and O–H groups in total. The first-order chi connectivity index (χ1) is 9.62. The van der Waals surface area contributed by atoms with Gasteiger partial charge < -0.3 is 9.52 Å². The lowest BCUT2D eigenvalue weighted by molar-refractivity contribution is 0.0612. The van der Waals surface area contributed by atoms with E-state index in [4.69, 9.17) is 16.0 Å². The summed E-state index contributed by atoms with van der Waals surface area (Å²) in [5.41, 5.74) is -0.803.